The van der Waals surface area contributed by atoms with Gasteiger partial charge in [0.15, 0.2) is 5.17 Å². The minimum Gasteiger partial charge on any atom is -0.365 e. The lowest BCUT2D eigenvalue weighted by Gasteiger charge is -2.05. The quantitative estimate of drug-likeness (QED) is 0.675. The number of hydrogen-bond donors (Lipinski definition) is 1. The number of unbranched alkanes of at least 4 members (excludes halogenated alkanes) is 5. The van der Waals surface area contributed by atoms with Crippen molar-refractivity contribution in [1.82, 2.24) is 5.32 Å². The van der Waals surface area contributed by atoms with E-state index in [9.17, 15) is 0 Å². The number of aliphatic imine (C=N–C) groups is 1. The van der Waals surface area contributed by atoms with Crippen LogP contribution in [0.5, 0.6) is 0 Å². The third-order valence-electron chi connectivity index (χ3n) is 2.61. The molecule has 0 aromatic carbocycles. The van der Waals surface area contributed by atoms with Crippen LogP contribution in [0.4, 0.5) is 0 Å². The van der Waals surface area contributed by atoms with E-state index in [-0.39, 0.29) is 0 Å². The number of nitrogens with one attached hydrogen (secondary N) is 1. The van der Waals surface area contributed by atoms with Crippen LogP contribution in [0, 0.1) is 0 Å². The Balaban J connectivity index is 1.85. The van der Waals surface area contributed by atoms with E-state index >= 15 is 0 Å². The highest BCUT2D eigenvalue weighted by atomic mass is 32.2. The molecular weight excluding hydrogens is 204 g/mol. The molecule has 0 radical (unpaired) electrons. The van der Waals surface area contributed by atoms with Crippen molar-refractivity contribution in [2.24, 2.45) is 4.99 Å². The van der Waals surface area contributed by atoms with Crippen molar-refractivity contribution in [2.75, 3.05) is 13.1 Å². The molecule has 1 aliphatic rings. The van der Waals surface area contributed by atoms with Gasteiger partial charge in [-0.25, -0.2) is 0 Å². The Bertz CT molecular complexity index is 192. The summed E-state index contributed by atoms with van der Waals surface area (Å²) >= 11 is 1.88. The summed E-state index contributed by atoms with van der Waals surface area (Å²) < 4.78 is 0. The van der Waals surface area contributed by atoms with E-state index < -0.39 is 0 Å². The maximum atomic E-state index is 4.43. The first kappa shape index (κ1) is 12.9. The highest BCUT2D eigenvalue weighted by Crippen LogP contribution is 2.18. The van der Waals surface area contributed by atoms with Crippen LogP contribution in [0.15, 0.2) is 4.99 Å². The van der Waals surface area contributed by atoms with Gasteiger partial charge < -0.3 is 5.32 Å². The monoisotopic (exact) mass is 228 g/mol. The molecule has 3 heteroatoms. The van der Waals surface area contributed by atoms with Crippen molar-refractivity contribution < 1.29 is 0 Å². The van der Waals surface area contributed by atoms with Crippen LogP contribution in [0.1, 0.15) is 52.4 Å². The predicted octanol–water partition coefficient (Wildman–Crippen LogP) is 3.43. The molecule has 0 bridgehead atoms. The van der Waals surface area contributed by atoms with Gasteiger partial charge in [0.25, 0.3) is 0 Å². The fourth-order valence-electron chi connectivity index (χ4n) is 1.67. The zero-order valence-electron chi connectivity index (χ0n) is 10.1. The van der Waals surface area contributed by atoms with E-state index in [1.165, 1.54) is 38.5 Å². The van der Waals surface area contributed by atoms with Crippen LogP contribution in [0.3, 0.4) is 0 Å². The van der Waals surface area contributed by atoms with Crippen molar-refractivity contribution in [3.05, 3.63) is 0 Å². The lowest BCUT2D eigenvalue weighted by molar-refractivity contribution is 0.603. The van der Waals surface area contributed by atoms with Gasteiger partial charge in [0, 0.05) is 11.8 Å². The molecule has 0 aromatic heterocycles. The van der Waals surface area contributed by atoms with E-state index in [0.717, 1.165) is 18.3 Å². The Labute approximate surface area is 98.3 Å². The molecule has 0 aliphatic carbocycles. The maximum Gasteiger partial charge on any atom is 0.156 e. The summed E-state index contributed by atoms with van der Waals surface area (Å²) in [6.07, 6.45) is 8.18. The van der Waals surface area contributed by atoms with E-state index in [2.05, 4.69) is 24.2 Å². The maximum absolute atomic E-state index is 4.43. The van der Waals surface area contributed by atoms with Gasteiger partial charge in [-0.2, -0.15) is 0 Å². The Hall–Kier alpha value is -0.180. The summed E-state index contributed by atoms with van der Waals surface area (Å²) in [6, 6.07) is 0. The minimum absolute atomic E-state index is 0.678. The van der Waals surface area contributed by atoms with Gasteiger partial charge in [0.05, 0.1) is 6.54 Å². The van der Waals surface area contributed by atoms with Crippen molar-refractivity contribution >= 4 is 16.9 Å². The second-order valence-electron chi connectivity index (χ2n) is 4.27. The molecule has 1 rings (SSSR count). The van der Waals surface area contributed by atoms with Crippen molar-refractivity contribution in [2.45, 2.75) is 57.6 Å². The number of nitrogens with zero attached hydrogens (tertiary/aromatic N) is 1. The second-order valence-corrected chi connectivity index (χ2v) is 5.70. The number of thioether (sulfide) groups is 1. The Kier molecular flexibility index (Phi) is 6.90. The predicted molar refractivity (Wildman–Crippen MR) is 70.7 cm³/mol. The van der Waals surface area contributed by atoms with Crippen LogP contribution in [-0.4, -0.2) is 23.5 Å². The second kappa shape index (κ2) is 8.03. The minimum atomic E-state index is 0.678. The molecule has 88 valence electrons. The normalized spacial score (nSPS) is 20.4. The average molecular weight is 228 g/mol. The largest absolute Gasteiger partial charge is 0.365 e. The molecule has 2 nitrogen and oxygen atoms in total. The number of rotatable bonds is 7. The van der Waals surface area contributed by atoms with Crippen molar-refractivity contribution in [1.29, 1.82) is 0 Å². The topological polar surface area (TPSA) is 24.4 Å². The zero-order chi connectivity index (χ0) is 10.9. The van der Waals surface area contributed by atoms with Crippen LogP contribution in [-0.2, 0) is 0 Å². The fraction of sp³-hybridized carbons (Fsp3) is 0.917. The van der Waals surface area contributed by atoms with Gasteiger partial charge in [-0.3, -0.25) is 4.99 Å². The fourth-order valence-corrected chi connectivity index (χ4v) is 2.54. The van der Waals surface area contributed by atoms with E-state index in [1.54, 1.807) is 0 Å². The van der Waals surface area contributed by atoms with Crippen LogP contribution in [0.25, 0.3) is 0 Å². The van der Waals surface area contributed by atoms with E-state index in [4.69, 9.17) is 0 Å². The highest BCUT2D eigenvalue weighted by Gasteiger charge is 2.13. The summed E-state index contributed by atoms with van der Waals surface area (Å²) in [6.45, 7) is 6.58. The molecule has 1 N–H and O–H groups in total. The molecule has 15 heavy (non-hydrogen) atoms. The third-order valence-corrected chi connectivity index (χ3v) is 3.66. The first-order chi connectivity index (χ1) is 7.33. The molecule has 0 amide bonds. The van der Waals surface area contributed by atoms with Gasteiger partial charge in [0.2, 0.25) is 0 Å². The molecule has 1 heterocycles. The lowest BCUT2D eigenvalue weighted by Crippen LogP contribution is -2.20. The number of amidine groups is 1. The summed E-state index contributed by atoms with van der Waals surface area (Å²) in [7, 11) is 0. The molecular formula is C12H24N2S. The standard InChI is InChI=1S/C12H24N2S/c1-3-4-5-6-7-8-9-13-12-14-10-11(2)15-12/h11H,3-10H2,1-2H3,(H,13,14). The summed E-state index contributed by atoms with van der Waals surface area (Å²) in [5, 5.41) is 5.26. The third kappa shape index (κ3) is 6.08. The van der Waals surface area contributed by atoms with Crippen LogP contribution in [0.2, 0.25) is 0 Å². The first-order valence-electron chi connectivity index (χ1n) is 6.28. The molecule has 1 atom stereocenters. The summed E-state index contributed by atoms with van der Waals surface area (Å²) in [4.78, 5) is 4.43. The van der Waals surface area contributed by atoms with Gasteiger partial charge in [-0.1, -0.05) is 57.7 Å². The highest BCUT2D eigenvalue weighted by molar-refractivity contribution is 8.14. The zero-order valence-corrected chi connectivity index (χ0v) is 10.9. The molecule has 0 fully saturated rings. The van der Waals surface area contributed by atoms with Gasteiger partial charge >= 0.3 is 0 Å². The van der Waals surface area contributed by atoms with E-state index in [1.807, 2.05) is 11.8 Å². The SMILES string of the molecule is CCCCCCCCNC1=NCC(C)S1. The molecule has 1 unspecified atom stereocenters. The average Bonchev–Trinajstić information content (AvgIpc) is 2.63. The van der Waals surface area contributed by atoms with Crippen molar-refractivity contribution in [3.8, 4) is 0 Å². The van der Waals surface area contributed by atoms with Gasteiger partial charge in [-0.15, -0.1) is 0 Å². The molecule has 0 aromatic rings. The van der Waals surface area contributed by atoms with Crippen LogP contribution < -0.4 is 5.32 Å². The summed E-state index contributed by atoms with van der Waals surface area (Å²) in [5.74, 6) is 0. The van der Waals surface area contributed by atoms with Crippen molar-refractivity contribution in [3.63, 3.8) is 0 Å². The Morgan fingerprint density at radius 1 is 1.27 bits per heavy atom. The van der Waals surface area contributed by atoms with Gasteiger partial charge in [-0.05, 0) is 6.42 Å². The molecule has 0 saturated carbocycles. The van der Waals surface area contributed by atoms with Gasteiger partial charge in [0.1, 0.15) is 0 Å². The van der Waals surface area contributed by atoms with E-state index in [0.29, 0.717) is 5.25 Å². The first-order valence-corrected chi connectivity index (χ1v) is 7.16. The number of hydrogen-bond acceptors (Lipinski definition) is 3. The lowest BCUT2D eigenvalue weighted by atomic mass is 10.1. The molecule has 0 spiro atoms. The molecule has 0 saturated heterocycles. The smallest absolute Gasteiger partial charge is 0.156 e. The molecule has 1 aliphatic heterocycles. The Morgan fingerprint density at radius 3 is 2.67 bits per heavy atom. The summed E-state index contributed by atoms with van der Waals surface area (Å²) in [5.41, 5.74) is 0. The Morgan fingerprint density at radius 2 is 2.00 bits per heavy atom. The van der Waals surface area contributed by atoms with Crippen LogP contribution >= 0.6 is 11.8 Å².